The molecule has 0 saturated carbocycles. The van der Waals surface area contributed by atoms with Crippen LogP contribution >= 0.6 is 0 Å². The number of methoxy groups -OCH3 is 1. The third kappa shape index (κ3) is 4.29. The molecule has 90 valence electrons. The molecule has 0 aliphatic heterocycles. The van der Waals surface area contributed by atoms with Gasteiger partial charge in [0, 0.05) is 13.5 Å². The van der Waals surface area contributed by atoms with Gasteiger partial charge in [-0.3, -0.25) is 0 Å². The van der Waals surface area contributed by atoms with Crippen molar-refractivity contribution in [3.8, 4) is 0 Å². The Labute approximate surface area is 96.1 Å². The van der Waals surface area contributed by atoms with Crippen LogP contribution in [0.5, 0.6) is 0 Å². The number of aliphatic hydroxyl groups excluding tert-OH is 1. The zero-order chi connectivity index (χ0) is 12.2. The highest BCUT2D eigenvalue weighted by molar-refractivity contribution is 5.17. The van der Waals surface area contributed by atoms with Crippen LogP contribution in [-0.4, -0.2) is 23.9 Å². The molecule has 0 aliphatic rings. The average molecular weight is 226 g/mol. The van der Waals surface area contributed by atoms with E-state index in [9.17, 15) is 9.50 Å². The van der Waals surface area contributed by atoms with Gasteiger partial charge in [0.2, 0.25) is 0 Å². The Morgan fingerprint density at radius 2 is 2.12 bits per heavy atom. The number of rotatable bonds is 5. The fourth-order valence-corrected chi connectivity index (χ4v) is 1.66. The van der Waals surface area contributed by atoms with E-state index in [0.29, 0.717) is 12.8 Å². The Morgan fingerprint density at radius 3 is 2.69 bits per heavy atom. The standard InChI is InChI=1S/C13H19FO2/c1-13(2,16-3)9-12(15)8-10-5-4-6-11(14)7-10/h4-7,12,15H,8-9H2,1-3H3. The first-order valence-electron chi connectivity index (χ1n) is 5.40. The first kappa shape index (κ1) is 13.1. The molecule has 1 aromatic rings. The summed E-state index contributed by atoms with van der Waals surface area (Å²) >= 11 is 0. The SMILES string of the molecule is COC(C)(C)CC(O)Cc1cccc(F)c1. The van der Waals surface area contributed by atoms with E-state index in [0.717, 1.165) is 5.56 Å². The summed E-state index contributed by atoms with van der Waals surface area (Å²) in [5.74, 6) is -0.268. The monoisotopic (exact) mass is 226 g/mol. The van der Waals surface area contributed by atoms with Crippen molar-refractivity contribution in [2.45, 2.75) is 38.4 Å². The quantitative estimate of drug-likeness (QED) is 0.836. The van der Waals surface area contributed by atoms with Gasteiger partial charge in [-0.15, -0.1) is 0 Å². The minimum absolute atomic E-state index is 0.268. The number of ether oxygens (including phenoxy) is 1. The second-order valence-electron chi connectivity index (χ2n) is 4.66. The molecule has 0 aromatic heterocycles. The summed E-state index contributed by atoms with van der Waals surface area (Å²) in [7, 11) is 1.62. The van der Waals surface area contributed by atoms with Crippen molar-refractivity contribution in [2.24, 2.45) is 0 Å². The predicted octanol–water partition coefficient (Wildman–Crippen LogP) is 2.54. The lowest BCUT2D eigenvalue weighted by atomic mass is 9.96. The largest absolute Gasteiger partial charge is 0.393 e. The fourth-order valence-electron chi connectivity index (χ4n) is 1.66. The zero-order valence-electron chi connectivity index (χ0n) is 10.0. The van der Waals surface area contributed by atoms with Gasteiger partial charge in [-0.25, -0.2) is 4.39 Å². The second kappa shape index (κ2) is 5.41. The van der Waals surface area contributed by atoms with E-state index in [1.54, 1.807) is 13.2 Å². The molecule has 0 heterocycles. The average Bonchev–Trinajstić information content (AvgIpc) is 2.16. The highest BCUT2D eigenvalue weighted by atomic mass is 19.1. The molecule has 0 aliphatic carbocycles. The zero-order valence-corrected chi connectivity index (χ0v) is 10.0. The molecule has 1 unspecified atom stereocenters. The van der Waals surface area contributed by atoms with Crippen LogP contribution in [0, 0.1) is 5.82 Å². The predicted molar refractivity (Wildman–Crippen MR) is 61.8 cm³/mol. The van der Waals surface area contributed by atoms with Crippen LogP contribution in [0.4, 0.5) is 4.39 Å². The van der Waals surface area contributed by atoms with E-state index in [1.807, 2.05) is 19.9 Å². The van der Waals surface area contributed by atoms with Crippen molar-refractivity contribution in [1.82, 2.24) is 0 Å². The lowest BCUT2D eigenvalue weighted by Crippen LogP contribution is -2.29. The highest BCUT2D eigenvalue weighted by Gasteiger charge is 2.21. The maximum Gasteiger partial charge on any atom is 0.123 e. The van der Waals surface area contributed by atoms with Crippen LogP contribution in [0.25, 0.3) is 0 Å². The minimum atomic E-state index is -0.517. The van der Waals surface area contributed by atoms with Crippen LogP contribution in [0.15, 0.2) is 24.3 Å². The van der Waals surface area contributed by atoms with Gasteiger partial charge in [0.25, 0.3) is 0 Å². The number of aliphatic hydroxyl groups is 1. The number of hydrogen-bond donors (Lipinski definition) is 1. The minimum Gasteiger partial charge on any atom is -0.393 e. The molecule has 0 fully saturated rings. The molecule has 3 heteroatoms. The Bertz CT molecular complexity index is 336. The first-order valence-corrected chi connectivity index (χ1v) is 5.40. The fraction of sp³-hybridized carbons (Fsp3) is 0.538. The normalized spacial score (nSPS) is 13.8. The summed E-state index contributed by atoms with van der Waals surface area (Å²) < 4.78 is 18.2. The molecule has 0 amide bonds. The van der Waals surface area contributed by atoms with Crippen molar-refractivity contribution in [3.63, 3.8) is 0 Å². The first-order chi connectivity index (χ1) is 7.43. The van der Waals surface area contributed by atoms with Gasteiger partial charge in [0.15, 0.2) is 0 Å². The molecule has 0 bridgehead atoms. The Balaban J connectivity index is 2.55. The van der Waals surface area contributed by atoms with E-state index >= 15 is 0 Å². The summed E-state index contributed by atoms with van der Waals surface area (Å²) in [4.78, 5) is 0. The van der Waals surface area contributed by atoms with E-state index < -0.39 is 6.10 Å². The molecule has 1 atom stereocenters. The molecule has 1 N–H and O–H groups in total. The molecule has 1 rings (SSSR count). The number of halogens is 1. The number of hydrogen-bond acceptors (Lipinski definition) is 2. The Kier molecular flexibility index (Phi) is 4.44. The lowest BCUT2D eigenvalue weighted by molar-refractivity contribution is -0.0190. The van der Waals surface area contributed by atoms with E-state index in [2.05, 4.69) is 0 Å². The molecule has 0 saturated heterocycles. The van der Waals surface area contributed by atoms with E-state index in [1.165, 1.54) is 12.1 Å². The van der Waals surface area contributed by atoms with Crippen molar-refractivity contribution in [3.05, 3.63) is 35.6 Å². The van der Waals surface area contributed by atoms with Crippen LogP contribution in [-0.2, 0) is 11.2 Å². The third-order valence-corrected chi connectivity index (χ3v) is 2.64. The van der Waals surface area contributed by atoms with Gasteiger partial charge >= 0.3 is 0 Å². The van der Waals surface area contributed by atoms with Crippen LogP contribution in [0.2, 0.25) is 0 Å². The van der Waals surface area contributed by atoms with Crippen LogP contribution < -0.4 is 0 Å². The summed E-state index contributed by atoms with van der Waals surface area (Å²) in [5.41, 5.74) is 0.451. The summed E-state index contributed by atoms with van der Waals surface area (Å²) in [6, 6.07) is 6.31. The Hall–Kier alpha value is -0.930. The van der Waals surface area contributed by atoms with E-state index in [-0.39, 0.29) is 11.4 Å². The van der Waals surface area contributed by atoms with Gasteiger partial charge in [-0.2, -0.15) is 0 Å². The van der Waals surface area contributed by atoms with Gasteiger partial charge < -0.3 is 9.84 Å². The summed E-state index contributed by atoms with van der Waals surface area (Å²) in [6.07, 6.45) is 0.460. The van der Waals surface area contributed by atoms with Gasteiger partial charge in [-0.05, 0) is 38.0 Å². The topological polar surface area (TPSA) is 29.5 Å². The molecule has 1 aromatic carbocycles. The maximum atomic E-state index is 12.9. The van der Waals surface area contributed by atoms with Crippen molar-refractivity contribution < 1.29 is 14.2 Å². The van der Waals surface area contributed by atoms with Crippen LogP contribution in [0.3, 0.4) is 0 Å². The van der Waals surface area contributed by atoms with Crippen molar-refractivity contribution in [2.75, 3.05) is 7.11 Å². The molecule has 16 heavy (non-hydrogen) atoms. The van der Waals surface area contributed by atoms with Gasteiger partial charge in [-0.1, -0.05) is 12.1 Å². The highest BCUT2D eigenvalue weighted by Crippen LogP contribution is 2.18. The van der Waals surface area contributed by atoms with Crippen molar-refractivity contribution in [1.29, 1.82) is 0 Å². The number of benzene rings is 1. The Morgan fingerprint density at radius 1 is 1.44 bits per heavy atom. The molecule has 0 radical (unpaired) electrons. The molecular formula is C13H19FO2. The third-order valence-electron chi connectivity index (χ3n) is 2.64. The maximum absolute atomic E-state index is 12.9. The van der Waals surface area contributed by atoms with Crippen LogP contribution in [0.1, 0.15) is 25.8 Å². The molecule has 0 spiro atoms. The molecular weight excluding hydrogens is 207 g/mol. The summed E-state index contributed by atoms with van der Waals surface area (Å²) in [5, 5.41) is 9.86. The second-order valence-corrected chi connectivity index (χ2v) is 4.66. The lowest BCUT2D eigenvalue weighted by Gasteiger charge is -2.25. The van der Waals surface area contributed by atoms with E-state index in [4.69, 9.17) is 4.74 Å². The molecule has 2 nitrogen and oxygen atoms in total. The van der Waals surface area contributed by atoms with Gasteiger partial charge in [0.1, 0.15) is 5.82 Å². The van der Waals surface area contributed by atoms with Crippen molar-refractivity contribution >= 4 is 0 Å². The van der Waals surface area contributed by atoms with Gasteiger partial charge in [0.05, 0.1) is 11.7 Å². The summed E-state index contributed by atoms with van der Waals surface area (Å²) in [6.45, 7) is 3.84. The smallest absolute Gasteiger partial charge is 0.123 e.